The molecule has 0 saturated carbocycles. The highest BCUT2D eigenvalue weighted by Crippen LogP contribution is 2.37. The monoisotopic (exact) mass is 1050 g/mol. The molecule has 4 aliphatic heterocycles. The summed E-state index contributed by atoms with van der Waals surface area (Å²) in [5, 5.41) is 14.7. The highest BCUT2D eigenvalue weighted by Gasteiger charge is 2.44. The Bertz CT molecular complexity index is 3490. The van der Waals surface area contributed by atoms with Gasteiger partial charge in [-0.05, 0) is 45.0 Å². The van der Waals surface area contributed by atoms with Crippen LogP contribution >= 0.6 is 11.6 Å². The minimum atomic E-state index is -0.600. The fraction of sp³-hybridized carbons (Fsp3) is 0.392. The van der Waals surface area contributed by atoms with Crippen LogP contribution in [0.15, 0.2) is 82.2 Å². The number of ether oxygens (including phenoxy) is 3. The van der Waals surface area contributed by atoms with Gasteiger partial charge in [-0.25, -0.2) is 24.7 Å². The predicted octanol–water partition coefficient (Wildman–Crippen LogP) is 6.02. The van der Waals surface area contributed by atoms with Gasteiger partial charge in [0.2, 0.25) is 11.3 Å². The maximum absolute atomic E-state index is 14.4. The van der Waals surface area contributed by atoms with Crippen LogP contribution in [0, 0.1) is 11.8 Å². The molecule has 392 valence electrons. The Balaban J connectivity index is 0.735. The van der Waals surface area contributed by atoms with E-state index in [4.69, 9.17) is 54.6 Å². The molecule has 24 nitrogen and oxygen atoms in total. The van der Waals surface area contributed by atoms with E-state index >= 15 is 0 Å². The van der Waals surface area contributed by atoms with Gasteiger partial charge < -0.3 is 53.3 Å². The molecular formula is C51H53ClN16O8. The van der Waals surface area contributed by atoms with Gasteiger partial charge in [-0.2, -0.15) is 20.2 Å². The van der Waals surface area contributed by atoms with E-state index in [1.807, 2.05) is 68.2 Å². The molecule has 12 heterocycles. The summed E-state index contributed by atoms with van der Waals surface area (Å²) in [4.78, 5) is 76.8. The number of likely N-dealkylation sites (tertiary alicyclic amines) is 1. The summed E-state index contributed by atoms with van der Waals surface area (Å²) in [6, 6.07) is 14.7. The zero-order chi connectivity index (χ0) is 52.2. The molecule has 3 unspecified atom stereocenters. The third-order valence-corrected chi connectivity index (χ3v) is 13.9. The number of pyridine rings is 4. The fourth-order valence-electron chi connectivity index (χ4n) is 9.97. The van der Waals surface area contributed by atoms with Gasteiger partial charge in [0.15, 0.2) is 11.2 Å². The van der Waals surface area contributed by atoms with Crippen molar-refractivity contribution in [3.63, 3.8) is 0 Å². The molecule has 4 saturated heterocycles. The minimum absolute atomic E-state index is 0.0157. The van der Waals surface area contributed by atoms with E-state index in [-0.39, 0.29) is 34.7 Å². The molecule has 0 radical (unpaired) electrons. The molecule has 8 aromatic heterocycles. The van der Waals surface area contributed by atoms with Crippen LogP contribution in [0.5, 0.6) is 0 Å². The van der Waals surface area contributed by atoms with Gasteiger partial charge in [0.25, 0.3) is 23.8 Å². The van der Waals surface area contributed by atoms with E-state index in [0.29, 0.717) is 148 Å². The first-order valence-electron chi connectivity index (χ1n) is 25.0. The van der Waals surface area contributed by atoms with E-state index in [9.17, 15) is 14.4 Å². The van der Waals surface area contributed by atoms with Crippen molar-refractivity contribution in [2.24, 2.45) is 18.9 Å². The van der Waals surface area contributed by atoms with Crippen molar-refractivity contribution in [1.29, 1.82) is 0 Å². The van der Waals surface area contributed by atoms with E-state index in [1.54, 1.807) is 50.9 Å². The van der Waals surface area contributed by atoms with Gasteiger partial charge in [-0.3, -0.25) is 19.0 Å². The molecule has 25 heteroatoms. The first-order chi connectivity index (χ1) is 36.7. The van der Waals surface area contributed by atoms with Gasteiger partial charge in [-0.1, -0.05) is 23.7 Å². The van der Waals surface area contributed by atoms with Crippen molar-refractivity contribution >= 4 is 81.5 Å². The molecule has 0 aromatic carbocycles. The number of nitrogens with zero attached hydrogens (tertiary/aromatic N) is 14. The van der Waals surface area contributed by atoms with E-state index in [0.717, 1.165) is 11.1 Å². The molecule has 8 aromatic rings. The quantitative estimate of drug-likeness (QED) is 0.141. The van der Waals surface area contributed by atoms with Gasteiger partial charge >= 0.3 is 6.09 Å². The van der Waals surface area contributed by atoms with E-state index < -0.39 is 17.4 Å². The summed E-state index contributed by atoms with van der Waals surface area (Å²) in [6.45, 7) is 11.9. The molecule has 3 atom stereocenters. The topological polar surface area (TPSA) is 255 Å². The minimum Gasteiger partial charge on any atom is -0.444 e. The summed E-state index contributed by atoms with van der Waals surface area (Å²) in [5.41, 5.74) is 3.93. The van der Waals surface area contributed by atoms with Crippen molar-refractivity contribution < 1.29 is 37.4 Å². The normalized spacial score (nSPS) is 18.9. The smallest absolute Gasteiger partial charge is 0.410 e. The number of carbonyl (C=O) groups excluding carboxylic acids is 3. The van der Waals surface area contributed by atoms with Crippen LogP contribution in [-0.2, 0) is 27.8 Å². The van der Waals surface area contributed by atoms with Crippen LogP contribution < -0.4 is 25.3 Å². The Morgan fingerprint density at radius 3 is 1.96 bits per heavy atom. The first kappa shape index (κ1) is 48.7. The Morgan fingerprint density at radius 1 is 0.697 bits per heavy atom. The van der Waals surface area contributed by atoms with Gasteiger partial charge in [0, 0.05) is 100 Å². The first-order valence-corrected chi connectivity index (χ1v) is 25.4. The van der Waals surface area contributed by atoms with Crippen LogP contribution in [0.1, 0.15) is 41.5 Å². The Labute approximate surface area is 439 Å². The SMILES string of the molecule is Cn1cc(-c2cccc(NC(=O)c3cc4oc(N5CCOC(Cn6cc(-c7cccc(NC(=O)c8cc9oc(N%10CCOCC%10)nc9nc8Cl)n7)cn6)C5)nc4nc3N3CC4CN(C(=O)OC(C)(C)C)CC4C3)n2)cn1. The zero-order valence-corrected chi connectivity index (χ0v) is 42.8. The van der Waals surface area contributed by atoms with Crippen LogP contribution in [0.3, 0.4) is 0 Å². The molecule has 4 fully saturated rings. The fourth-order valence-corrected chi connectivity index (χ4v) is 10.2. The Kier molecular flexibility index (Phi) is 12.7. The number of aromatic nitrogens is 10. The van der Waals surface area contributed by atoms with Gasteiger partial charge in [0.05, 0.1) is 73.9 Å². The van der Waals surface area contributed by atoms with Gasteiger partial charge in [0.1, 0.15) is 28.2 Å². The molecule has 76 heavy (non-hydrogen) atoms. The lowest BCUT2D eigenvalue weighted by atomic mass is 10.0. The number of amides is 3. The highest BCUT2D eigenvalue weighted by molar-refractivity contribution is 6.33. The number of hydrogen-bond donors (Lipinski definition) is 2. The third kappa shape index (κ3) is 10.2. The largest absolute Gasteiger partial charge is 0.444 e. The summed E-state index contributed by atoms with van der Waals surface area (Å²) in [6.07, 6.45) is 6.52. The number of carbonyl (C=O) groups is 3. The summed E-state index contributed by atoms with van der Waals surface area (Å²) < 4.78 is 33.2. The van der Waals surface area contributed by atoms with Crippen LogP contribution in [-0.4, -0.2) is 156 Å². The van der Waals surface area contributed by atoms with E-state index in [1.165, 1.54) is 6.07 Å². The Morgan fingerprint density at radius 2 is 1.30 bits per heavy atom. The number of anilines is 5. The van der Waals surface area contributed by atoms with Crippen molar-refractivity contribution in [3.05, 3.63) is 89.6 Å². The number of halogens is 1. The second-order valence-electron chi connectivity index (χ2n) is 20.2. The lowest BCUT2D eigenvalue weighted by Crippen LogP contribution is -2.44. The number of nitrogens with one attached hydrogen (secondary N) is 2. The van der Waals surface area contributed by atoms with Gasteiger partial charge in [-0.15, -0.1) is 0 Å². The lowest BCUT2D eigenvalue weighted by molar-refractivity contribution is 0.0259. The van der Waals surface area contributed by atoms with Crippen LogP contribution in [0.4, 0.5) is 34.3 Å². The number of morpholine rings is 2. The number of fused-ring (bicyclic) bond motifs is 3. The second kappa shape index (κ2) is 19.8. The molecule has 0 aliphatic carbocycles. The molecular weight excluding hydrogens is 1000 g/mol. The standard InChI is InChI=1S/C51H53ClN16O8/c1-51(2,3)76-50(71)67-24-31-22-66(23-32(31)25-67)45-35(47(70)58-41-10-5-7-36(55-41)29-19-53-63(4)21-29)18-39-44(60-45)62-49(75-39)65-13-16-73-33(27-65)28-68-26-30(20-54-68)37-8-6-9-40(56-37)57-46(69)34-17-38-43(59-42(34)52)61-48(74-38)64-11-14-72-15-12-64/h5-10,17-21,26,31-33H,11-16,22-25,27-28H2,1-4H3,(H,55,58,70)(H,56,57,69). The van der Waals surface area contributed by atoms with Crippen molar-refractivity contribution in [3.8, 4) is 22.5 Å². The van der Waals surface area contributed by atoms with E-state index in [2.05, 4.69) is 35.7 Å². The number of aryl methyl sites for hydroxylation is 1. The molecule has 3 amide bonds. The molecule has 2 N–H and O–H groups in total. The third-order valence-electron chi connectivity index (χ3n) is 13.6. The Hall–Kier alpha value is -8.22. The van der Waals surface area contributed by atoms with Crippen molar-refractivity contribution in [2.75, 3.05) is 97.5 Å². The summed E-state index contributed by atoms with van der Waals surface area (Å²) in [5.74, 6) is 0.509. The average molecular weight is 1050 g/mol. The maximum atomic E-state index is 14.4. The number of hydrogen-bond acceptors (Lipinski definition) is 19. The average Bonchev–Trinajstić information content (AvgIpc) is 4.30. The van der Waals surface area contributed by atoms with Crippen LogP contribution in [0.2, 0.25) is 5.15 Å². The summed E-state index contributed by atoms with van der Waals surface area (Å²) in [7, 11) is 1.83. The lowest BCUT2D eigenvalue weighted by Gasteiger charge is -2.31. The molecule has 12 rings (SSSR count). The number of oxazole rings is 2. The summed E-state index contributed by atoms with van der Waals surface area (Å²) >= 11 is 6.48. The van der Waals surface area contributed by atoms with Crippen molar-refractivity contribution in [2.45, 2.75) is 39.0 Å². The molecule has 0 bridgehead atoms. The highest BCUT2D eigenvalue weighted by atomic mass is 35.5. The number of rotatable bonds is 11. The maximum Gasteiger partial charge on any atom is 0.410 e. The second-order valence-corrected chi connectivity index (χ2v) is 20.6. The van der Waals surface area contributed by atoms with Crippen molar-refractivity contribution in [1.82, 2.24) is 54.4 Å². The molecule has 4 aliphatic rings. The van der Waals surface area contributed by atoms with Crippen LogP contribution in [0.25, 0.3) is 45.0 Å². The zero-order valence-electron chi connectivity index (χ0n) is 42.1. The molecule has 0 spiro atoms. The predicted molar refractivity (Wildman–Crippen MR) is 278 cm³/mol.